The zero-order chi connectivity index (χ0) is 22.2. The van der Waals surface area contributed by atoms with E-state index in [9.17, 15) is 4.79 Å². The molecule has 1 heterocycles. The lowest BCUT2D eigenvalue weighted by molar-refractivity contribution is 0.141. The van der Waals surface area contributed by atoms with Crippen LogP contribution in [-0.4, -0.2) is 37.4 Å². The molecule has 162 valence electrons. The Morgan fingerprint density at radius 3 is 2.31 bits per heavy atom. The molecule has 0 radical (unpaired) electrons. The summed E-state index contributed by atoms with van der Waals surface area (Å²) in [4.78, 5) is 18.0. The zero-order valence-electron chi connectivity index (χ0n) is 17.2. The average Bonchev–Trinajstić information content (AvgIpc) is 3.28. The lowest BCUT2D eigenvalue weighted by Gasteiger charge is -2.23. The largest absolute Gasteiger partial charge is 0.490 e. The van der Waals surface area contributed by atoms with Crippen molar-refractivity contribution >= 4 is 29.5 Å². The van der Waals surface area contributed by atoms with E-state index in [2.05, 4.69) is 10.3 Å². The maximum absolute atomic E-state index is 12.3. The van der Waals surface area contributed by atoms with Gasteiger partial charge in [-0.2, -0.15) is 0 Å². The van der Waals surface area contributed by atoms with Crippen molar-refractivity contribution in [1.29, 1.82) is 5.41 Å². The highest BCUT2D eigenvalue weighted by atomic mass is 16.6. The van der Waals surface area contributed by atoms with Crippen LogP contribution in [0.4, 0.5) is 16.2 Å². The average molecular weight is 430 g/mol. The number of amidine groups is 2. The van der Waals surface area contributed by atoms with Gasteiger partial charge in [-0.3, -0.25) is 10.7 Å². The molecule has 1 atom stereocenters. The van der Waals surface area contributed by atoms with Crippen LogP contribution < -0.4 is 15.0 Å². The number of hydrogen-bond donors (Lipinski definition) is 2. The lowest BCUT2D eigenvalue weighted by Crippen LogP contribution is -2.41. The van der Waals surface area contributed by atoms with Crippen LogP contribution in [-0.2, 0) is 9.47 Å². The third-order valence-corrected chi connectivity index (χ3v) is 4.50. The predicted octanol–water partition coefficient (Wildman–Crippen LogP) is 4.51. The molecule has 1 unspecified atom stereocenters. The number of hydrogen-bond acceptors (Lipinski definition) is 6. The Hall–Kier alpha value is -4.33. The highest BCUT2D eigenvalue weighted by molar-refractivity contribution is 6.15. The summed E-state index contributed by atoms with van der Waals surface area (Å²) in [6.07, 6.45) is -1.12. The fraction of sp³-hybridized carbons (Fsp3) is 0.125. The minimum atomic E-state index is -0.787. The van der Waals surface area contributed by atoms with E-state index < -0.39 is 12.1 Å². The SMILES string of the molecule is N=C(OC(=O)Nc1ccccc1)N(C1=NCC(COc2ccccc2)O1)c1ccccc1. The molecule has 1 aliphatic rings. The first-order valence-electron chi connectivity index (χ1n) is 10.1. The molecule has 3 aromatic carbocycles. The van der Waals surface area contributed by atoms with Crippen molar-refractivity contribution in [2.24, 2.45) is 4.99 Å². The molecule has 4 rings (SSSR count). The van der Waals surface area contributed by atoms with E-state index in [1.54, 1.807) is 36.4 Å². The van der Waals surface area contributed by atoms with Crippen molar-refractivity contribution in [3.05, 3.63) is 91.0 Å². The monoisotopic (exact) mass is 430 g/mol. The normalized spacial score (nSPS) is 14.6. The Morgan fingerprint density at radius 2 is 1.62 bits per heavy atom. The van der Waals surface area contributed by atoms with Gasteiger partial charge in [-0.1, -0.05) is 54.6 Å². The molecule has 0 spiro atoms. The van der Waals surface area contributed by atoms with Gasteiger partial charge in [-0.05, 0) is 36.4 Å². The molecule has 8 nitrogen and oxygen atoms in total. The Labute approximate surface area is 185 Å². The van der Waals surface area contributed by atoms with Crippen LogP contribution in [0.3, 0.4) is 0 Å². The third-order valence-electron chi connectivity index (χ3n) is 4.50. The topological polar surface area (TPSA) is 96.2 Å². The molecule has 0 aliphatic carbocycles. The first-order chi connectivity index (χ1) is 15.7. The van der Waals surface area contributed by atoms with Gasteiger partial charge in [0, 0.05) is 5.69 Å². The molecular weight excluding hydrogens is 408 g/mol. The molecule has 0 fully saturated rings. The first kappa shape index (κ1) is 20.9. The summed E-state index contributed by atoms with van der Waals surface area (Å²) in [5.74, 6) is 0.734. The van der Waals surface area contributed by atoms with Crippen LogP contribution in [0.25, 0.3) is 0 Å². The minimum Gasteiger partial charge on any atom is -0.490 e. The van der Waals surface area contributed by atoms with E-state index in [1.165, 1.54) is 4.90 Å². The van der Waals surface area contributed by atoms with Gasteiger partial charge in [0.05, 0.1) is 12.2 Å². The summed E-state index contributed by atoms with van der Waals surface area (Å²) in [5.41, 5.74) is 1.14. The number of nitrogens with one attached hydrogen (secondary N) is 2. The number of aliphatic imine (C=N–C) groups is 1. The Kier molecular flexibility index (Phi) is 6.62. The van der Waals surface area contributed by atoms with Crippen molar-refractivity contribution < 1.29 is 19.0 Å². The van der Waals surface area contributed by atoms with Gasteiger partial charge in [-0.15, -0.1) is 0 Å². The second kappa shape index (κ2) is 10.1. The van der Waals surface area contributed by atoms with Gasteiger partial charge in [0.25, 0.3) is 0 Å². The Bertz CT molecular complexity index is 1070. The fourth-order valence-corrected chi connectivity index (χ4v) is 3.01. The van der Waals surface area contributed by atoms with E-state index in [-0.39, 0.29) is 12.1 Å². The van der Waals surface area contributed by atoms with Crippen LogP contribution in [0, 0.1) is 5.41 Å². The van der Waals surface area contributed by atoms with Crippen LogP contribution in [0.5, 0.6) is 5.75 Å². The number of amides is 1. The number of carbonyl (C=O) groups is 1. The van der Waals surface area contributed by atoms with E-state index in [0.717, 1.165) is 5.75 Å². The van der Waals surface area contributed by atoms with Crippen LogP contribution >= 0.6 is 0 Å². The Morgan fingerprint density at radius 1 is 1.00 bits per heavy atom. The number of anilines is 2. The van der Waals surface area contributed by atoms with Gasteiger partial charge in [0.2, 0.25) is 0 Å². The lowest BCUT2D eigenvalue weighted by atomic mass is 10.3. The maximum Gasteiger partial charge on any atom is 0.419 e. The summed E-state index contributed by atoms with van der Waals surface area (Å²) in [6, 6.07) is 27.0. The zero-order valence-corrected chi connectivity index (χ0v) is 17.2. The summed E-state index contributed by atoms with van der Waals surface area (Å²) in [6.45, 7) is 0.650. The van der Waals surface area contributed by atoms with Crippen LogP contribution in [0.1, 0.15) is 0 Å². The Balaban J connectivity index is 1.42. The minimum absolute atomic E-state index is 0.162. The number of rotatable bonds is 5. The van der Waals surface area contributed by atoms with Gasteiger partial charge in [0.15, 0.2) is 6.10 Å². The van der Waals surface area contributed by atoms with Gasteiger partial charge in [0.1, 0.15) is 12.4 Å². The maximum atomic E-state index is 12.3. The van der Waals surface area contributed by atoms with E-state index in [1.807, 2.05) is 54.6 Å². The van der Waals surface area contributed by atoms with Crippen molar-refractivity contribution in [2.75, 3.05) is 23.4 Å². The van der Waals surface area contributed by atoms with Gasteiger partial charge in [-0.25, -0.2) is 14.7 Å². The number of carbonyl (C=O) groups excluding carboxylic acids is 1. The third kappa shape index (κ3) is 5.42. The van der Waals surface area contributed by atoms with E-state index in [4.69, 9.17) is 19.6 Å². The quantitative estimate of drug-likeness (QED) is 0.459. The number of ether oxygens (including phenoxy) is 3. The first-order valence-corrected chi connectivity index (χ1v) is 10.1. The van der Waals surface area contributed by atoms with Crippen molar-refractivity contribution in [3.8, 4) is 5.75 Å². The molecule has 0 aromatic heterocycles. The van der Waals surface area contributed by atoms with Crippen molar-refractivity contribution in [3.63, 3.8) is 0 Å². The second-order valence-corrected chi connectivity index (χ2v) is 6.84. The molecule has 0 saturated heterocycles. The molecule has 1 aliphatic heterocycles. The smallest absolute Gasteiger partial charge is 0.419 e. The summed E-state index contributed by atoms with van der Waals surface area (Å²) >= 11 is 0. The molecule has 2 N–H and O–H groups in total. The number of para-hydroxylation sites is 3. The van der Waals surface area contributed by atoms with Gasteiger partial charge < -0.3 is 14.2 Å². The van der Waals surface area contributed by atoms with Gasteiger partial charge >= 0.3 is 18.1 Å². The molecule has 1 amide bonds. The van der Waals surface area contributed by atoms with Crippen molar-refractivity contribution in [2.45, 2.75) is 6.10 Å². The number of nitrogens with zero attached hydrogens (tertiary/aromatic N) is 2. The molecule has 3 aromatic rings. The standard InChI is InChI=1S/C24H22N4O4/c25-22(32-24(29)27-18-10-4-1-5-11-18)28(19-12-6-2-7-13-19)23-26-16-21(31-23)17-30-20-14-8-3-9-15-20/h1-15,21,25H,16-17H2,(H,27,29). The van der Waals surface area contributed by atoms with Crippen LogP contribution in [0.15, 0.2) is 96.0 Å². The molecule has 0 saturated carbocycles. The number of benzene rings is 3. The molecular formula is C24H22N4O4. The van der Waals surface area contributed by atoms with Crippen molar-refractivity contribution in [1.82, 2.24) is 0 Å². The fourth-order valence-electron chi connectivity index (χ4n) is 3.01. The summed E-state index contributed by atoms with van der Waals surface area (Å²) in [5, 5.41) is 11.0. The van der Waals surface area contributed by atoms with E-state index >= 15 is 0 Å². The molecule has 8 heteroatoms. The highest BCUT2D eigenvalue weighted by Crippen LogP contribution is 2.20. The van der Waals surface area contributed by atoms with Crippen LogP contribution in [0.2, 0.25) is 0 Å². The highest BCUT2D eigenvalue weighted by Gasteiger charge is 2.30. The molecule has 0 bridgehead atoms. The predicted molar refractivity (Wildman–Crippen MR) is 122 cm³/mol. The second-order valence-electron chi connectivity index (χ2n) is 6.84. The van der Waals surface area contributed by atoms with E-state index in [0.29, 0.717) is 24.5 Å². The summed E-state index contributed by atoms with van der Waals surface area (Å²) < 4.78 is 16.9. The summed E-state index contributed by atoms with van der Waals surface area (Å²) in [7, 11) is 0. The molecule has 32 heavy (non-hydrogen) atoms.